The fraction of sp³-hybridized carbons (Fsp3) is 0.381. The average Bonchev–Trinajstić information content (AvgIpc) is 3.34. The standard InChI is InChI=1S/C21H20O7/c22-15-17-18(26-19(15)23)16(27-21(28-17)13-9-5-2-6-10-13)14-11-24-20(25-14)12-7-3-1-4-8-12/h1-10,14-18,20-22H,11H2/t14-,15-,16-,17+,18+,20-,21-/m1/s1. The molecule has 3 fully saturated rings. The van der Waals surface area contributed by atoms with E-state index in [1.54, 1.807) is 0 Å². The van der Waals surface area contributed by atoms with E-state index in [1.165, 1.54) is 0 Å². The molecule has 1 N–H and O–H groups in total. The first-order valence-electron chi connectivity index (χ1n) is 9.27. The fourth-order valence-electron chi connectivity index (χ4n) is 3.83. The van der Waals surface area contributed by atoms with Crippen LogP contribution in [0.4, 0.5) is 0 Å². The topological polar surface area (TPSA) is 83.5 Å². The lowest BCUT2D eigenvalue weighted by atomic mass is 9.99. The molecule has 0 amide bonds. The third-order valence-electron chi connectivity index (χ3n) is 5.23. The lowest BCUT2D eigenvalue weighted by Crippen LogP contribution is -2.53. The average molecular weight is 384 g/mol. The van der Waals surface area contributed by atoms with Crippen LogP contribution in [0.3, 0.4) is 0 Å². The Balaban J connectivity index is 1.39. The van der Waals surface area contributed by atoms with Gasteiger partial charge in [-0.15, -0.1) is 0 Å². The van der Waals surface area contributed by atoms with E-state index in [9.17, 15) is 9.90 Å². The molecule has 146 valence electrons. The Hall–Kier alpha value is -2.29. The number of fused-ring (bicyclic) bond motifs is 1. The summed E-state index contributed by atoms with van der Waals surface area (Å²) < 4.78 is 29.2. The highest BCUT2D eigenvalue weighted by atomic mass is 16.8. The maximum absolute atomic E-state index is 12.0. The molecule has 0 aromatic heterocycles. The SMILES string of the molecule is O=C1O[C@@H]2[C@@H](O[C@H](c3ccccc3)O[C@@H]2[C@H]2CO[C@@H](c3ccccc3)O2)[C@H]1O. The molecule has 0 saturated carbocycles. The summed E-state index contributed by atoms with van der Waals surface area (Å²) in [6.45, 7) is 0.280. The van der Waals surface area contributed by atoms with Crippen molar-refractivity contribution >= 4 is 5.97 Å². The summed E-state index contributed by atoms with van der Waals surface area (Å²) in [6, 6.07) is 19.0. The van der Waals surface area contributed by atoms with Crippen LogP contribution in [0.25, 0.3) is 0 Å². The molecule has 3 aliphatic rings. The van der Waals surface area contributed by atoms with Crippen molar-refractivity contribution in [1.29, 1.82) is 0 Å². The Morgan fingerprint density at radius 3 is 2.04 bits per heavy atom. The number of aliphatic hydroxyl groups is 1. The number of hydrogen-bond acceptors (Lipinski definition) is 7. The van der Waals surface area contributed by atoms with E-state index >= 15 is 0 Å². The first-order valence-corrected chi connectivity index (χ1v) is 9.27. The van der Waals surface area contributed by atoms with Crippen molar-refractivity contribution in [3.8, 4) is 0 Å². The molecule has 0 spiro atoms. The summed E-state index contributed by atoms with van der Waals surface area (Å²) >= 11 is 0. The van der Waals surface area contributed by atoms with Crippen LogP contribution < -0.4 is 0 Å². The van der Waals surface area contributed by atoms with Gasteiger partial charge in [0.15, 0.2) is 24.8 Å². The molecule has 0 radical (unpaired) electrons. The van der Waals surface area contributed by atoms with Crippen LogP contribution in [-0.2, 0) is 28.5 Å². The van der Waals surface area contributed by atoms with Crippen molar-refractivity contribution in [3.63, 3.8) is 0 Å². The molecule has 5 rings (SSSR count). The third kappa shape index (κ3) is 3.11. The Labute approximate surface area is 161 Å². The molecular formula is C21H20O7. The normalized spacial score (nSPS) is 37.5. The van der Waals surface area contributed by atoms with E-state index in [4.69, 9.17) is 23.7 Å². The molecule has 2 aromatic carbocycles. The van der Waals surface area contributed by atoms with Gasteiger partial charge in [-0.1, -0.05) is 60.7 Å². The van der Waals surface area contributed by atoms with Crippen LogP contribution in [-0.4, -0.2) is 48.2 Å². The predicted molar refractivity (Wildman–Crippen MR) is 94.8 cm³/mol. The summed E-state index contributed by atoms with van der Waals surface area (Å²) in [4.78, 5) is 12.0. The van der Waals surface area contributed by atoms with Gasteiger partial charge in [-0.2, -0.15) is 0 Å². The number of benzene rings is 2. The fourth-order valence-corrected chi connectivity index (χ4v) is 3.83. The number of aliphatic hydroxyl groups excluding tert-OH is 1. The molecule has 0 bridgehead atoms. The second-order valence-corrected chi connectivity index (χ2v) is 7.04. The summed E-state index contributed by atoms with van der Waals surface area (Å²) in [7, 11) is 0. The number of hydrogen-bond donors (Lipinski definition) is 1. The second-order valence-electron chi connectivity index (χ2n) is 7.04. The zero-order valence-electron chi connectivity index (χ0n) is 14.9. The van der Waals surface area contributed by atoms with Crippen molar-refractivity contribution in [2.24, 2.45) is 0 Å². The van der Waals surface area contributed by atoms with E-state index in [-0.39, 0.29) is 6.61 Å². The van der Waals surface area contributed by atoms with E-state index in [1.807, 2.05) is 60.7 Å². The highest BCUT2D eigenvalue weighted by Gasteiger charge is 2.56. The predicted octanol–water partition coefficient (Wildman–Crippen LogP) is 1.87. The van der Waals surface area contributed by atoms with E-state index in [0.29, 0.717) is 0 Å². The first-order chi connectivity index (χ1) is 13.7. The third-order valence-corrected chi connectivity index (χ3v) is 5.23. The Morgan fingerprint density at radius 2 is 1.36 bits per heavy atom. The van der Waals surface area contributed by atoms with Crippen LogP contribution in [0, 0.1) is 0 Å². The molecule has 28 heavy (non-hydrogen) atoms. The zero-order chi connectivity index (χ0) is 19.1. The molecule has 2 aromatic rings. The molecule has 3 aliphatic heterocycles. The number of carbonyl (C=O) groups excluding carboxylic acids is 1. The molecule has 3 heterocycles. The van der Waals surface area contributed by atoms with Crippen molar-refractivity contribution in [1.82, 2.24) is 0 Å². The van der Waals surface area contributed by atoms with Gasteiger partial charge in [0.1, 0.15) is 18.3 Å². The van der Waals surface area contributed by atoms with Gasteiger partial charge in [0, 0.05) is 11.1 Å². The summed E-state index contributed by atoms with van der Waals surface area (Å²) in [5.74, 6) is -0.712. The maximum atomic E-state index is 12.0. The monoisotopic (exact) mass is 384 g/mol. The molecule has 0 unspecified atom stereocenters. The van der Waals surface area contributed by atoms with E-state index < -0.39 is 49.1 Å². The minimum absolute atomic E-state index is 0.280. The lowest BCUT2D eigenvalue weighted by Gasteiger charge is -2.39. The van der Waals surface area contributed by atoms with Gasteiger partial charge >= 0.3 is 5.97 Å². The van der Waals surface area contributed by atoms with Crippen LogP contribution in [0.15, 0.2) is 60.7 Å². The second kappa shape index (κ2) is 7.27. The van der Waals surface area contributed by atoms with Crippen molar-refractivity contribution < 1.29 is 33.6 Å². The largest absolute Gasteiger partial charge is 0.455 e. The van der Waals surface area contributed by atoms with Gasteiger partial charge in [0.2, 0.25) is 0 Å². The zero-order valence-corrected chi connectivity index (χ0v) is 14.9. The minimum Gasteiger partial charge on any atom is -0.455 e. The number of ether oxygens (including phenoxy) is 5. The molecule has 7 atom stereocenters. The molecule has 7 nitrogen and oxygen atoms in total. The summed E-state index contributed by atoms with van der Waals surface area (Å²) in [6.07, 6.45) is -5.29. The molecule has 0 aliphatic carbocycles. The van der Waals surface area contributed by atoms with Gasteiger partial charge in [-0.05, 0) is 0 Å². The van der Waals surface area contributed by atoms with Crippen molar-refractivity contribution in [2.75, 3.05) is 6.61 Å². The Morgan fingerprint density at radius 1 is 0.750 bits per heavy atom. The van der Waals surface area contributed by atoms with E-state index in [2.05, 4.69) is 0 Å². The van der Waals surface area contributed by atoms with Gasteiger partial charge < -0.3 is 28.8 Å². The van der Waals surface area contributed by atoms with Crippen molar-refractivity contribution in [3.05, 3.63) is 71.8 Å². The highest BCUT2D eigenvalue weighted by Crippen LogP contribution is 2.40. The van der Waals surface area contributed by atoms with Gasteiger partial charge in [-0.25, -0.2) is 4.79 Å². The van der Waals surface area contributed by atoms with Crippen LogP contribution in [0.5, 0.6) is 0 Å². The smallest absolute Gasteiger partial charge is 0.338 e. The minimum atomic E-state index is -1.35. The lowest BCUT2D eigenvalue weighted by molar-refractivity contribution is -0.300. The van der Waals surface area contributed by atoms with Gasteiger partial charge in [0.05, 0.1) is 6.61 Å². The van der Waals surface area contributed by atoms with Crippen LogP contribution in [0.1, 0.15) is 23.7 Å². The Bertz CT molecular complexity index is 827. The quantitative estimate of drug-likeness (QED) is 0.809. The molecule has 3 saturated heterocycles. The highest BCUT2D eigenvalue weighted by molar-refractivity contribution is 5.78. The van der Waals surface area contributed by atoms with Gasteiger partial charge in [0.25, 0.3) is 0 Å². The number of rotatable bonds is 3. The number of carbonyl (C=O) groups is 1. The van der Waals surface area contributed by atoms with Gasteiger partial charge in [-0.3, -0.25) is 0 Å². The summed E-state index contributed by atoms with van der Waals surface area (Å²) in [5, 5.41) is 10.2. The molecular weight excluding hydrogens is 364 g/mol. The first kappa shape index (κ1) is 17.8. The Kier molecular flexibility index (Phi) is 4.62. The van der Waals surface area contributed by atoms with Crippen molar-refractivity contribution in [2.45, 2.75) is 43.1 Å². The number of esters is 1. The van der Waals surface area contributed by atoms with Crippen LogP contribution in [0.2, 0.25) is 0 Å². The van der Waals surface area contributed by atoms with Crippen LogP contribution >= 0.6 is 0 Å². The maximum Gasteiger partial charge on any atom is 0.338 e. The summed E-state index contributed by atoms with van der Waals surface area (Å²) in [5.41, 5.74) is 1.69. The molecule has 7 heteroatoms. The van der Waals surface area contributed by atoms with E-state index in [0.717, 1.165) is 11.1 Å².